The van der Waals surface area contributed by atoms with Gasteiger partial charge < -0.3 is 15.2 Å². The van der Waals surface area contributed by atoms with Crippen LogP contribution in [0.5, 0.6) is 5.75 Å². The summed E-state index contributed by atoms with van der Waals surface area (Å²) in [6.45, 7) is 3.68. The van der Waals surface area contributed by atoms with Crippen LogP contribution in [0.4, 0.5) is 11.4 Å². The highest BCUT2D eigenvalue weighted by molar-refractivity contribution is 7.80. The van der Waals surface area contributed by atoms with E-state index < -0.39 is 28.4 Å². The van der Waals surface area contributed by atoms with Gasteiger partial charge in [0.05, 0.1) is 23.6 Å². The summed E-state index contributed by atoms with van der Waals surface area (Å²) in [4.78, 5) is 24.7. The number of benzene rings is 2. The molecule has 0 spiro atoms. The molecule has 0 fully saturated rings. The Labute approximate surface area is 172 Å². The summed E-state index contributed by atoms with van der Waals surface area (Å²) >= 11 is 5.51. The molecule has 150 valence electrons. The third-order valence-corrected chi connectivity index (χ3v) is 5.00. The molecule has 0 aliphatic carbocycles. The van der Waals surface area contributed by atoms with E-state index in [1.807, 2.05) is 31.2 Å². The second-order valence-electron chi connectivity index (χ2n) is 6.53. The minimum absolute atomic E-state index is 0.245. The van der Waals surface area contributed by atoms with Gasteiger partial charge in [-0.05, 0) is 49.5 Å². The lowest BCUT2D eigenvalue weighted by atomic mass is 9.94. The number of nitro benzene ring substituents is 1. The highest BCUT2D eigenvalue weighted by Gasteiger charge is 2.35. The molecule has 0 unspecified atom stereocenters. The van der Waals surface area contributed by atoms with Crippen molar-refractivity contribution in [2.75, 3.05) is 12.0 Å². The maximum atomic E-state index is 12.6. The Hall–Kier alpha value is -3.46. The number of nitro groups is 1. The molecule has 8 nitrogen and oxygen atoms in total. The van der Waals surface area contributed by atoms with Gasteiger partial charge in [0, 0.05) is 17.5 Å². The van der Waals surface area contributed by atoms with Crippen LogP contribution < -0.4 is 15.3 Å². The summed E-state index contributed by atoms with van der Waals surface area (Å²) in [5, 5.41) is 26.3. The van der Waals surface area contributed by atoms with Crippen LogP contribution in [-0.2, 0) is 9.53 Å². The molecule has 9 heteroatoms. The number of allylic oxidation sites excluding steroid dienone is 1. The van der Waals surface area contributed by atoms with Crippen molar-refractivity contribution in [3.63, 3.8) is 0 Å². The van der Waals surface area contributed by atoms with E-state index in [4.69, 9.17) is 17.0 Å². The number of hydrogen-bond donors (Lipinski definition) is 1. The van der Waals surface area contributed by atoms with Gasteiger partial charge in [0.25, 0.3) is 5.69 Å². The largest absolute Gasteiger partial charge is 0.868 e. The van der Waals surface area contributed by atoms with Crippen LogP contribution in [0.1, 0.15) is 24.1 Å². The fourth-order valence-corrected chi connectivity index (χ4v) is 3.59. The van der Waals surface area contributed by atoms with Crippen molar-refractivity contribution in [2.45, 2.75) is 19.9 Å². The van der Waals surface area contributed by atoms with Gasteiger partial charge in [-0.1, -0.05) is 29.8 Å². The maximum absolute atomic E-state index is 12.6. The van der Waals surface area contributed by atoms with Gasteiger partial charge in [-0.2, -0.15) is 0 Å². The summed E-state index contributed by atoms with van der Waals surface area (Å²) < 4.78 is 4.95. The summed E-state index contributed by atoms with van der Waals surface area (Å²) in [6, 6.07) is 10.5. The lowest BCUT2D eigenvalue weighted by molar-refractivity contribution is -0.398. The minimum atomic E-state index is -0.795. The molecule has 0 saturated carbocycles. The summed E-state index contributed by atoms with van der Waals surface area (Å²) in [7, 11) is 1.26. The first kappa shape index (κ1) is 20.3. The number of carbonyl (C=O) groups is 1. The van der Waals surface area contributed by atoms with E-state index in [1.165, 1.54) is 13.2 Å². The van der Waals surface area contributed by atoms with Crippen LogP contribution in [0, 0.1) is 17.0 Å². The Morgan fingerprint density at radius 1 is 1.21 bits per heavy atom. The second kappa shape index (κ2) is 7.88. The van der Waals surface area contributed by atoms with E-state index in [9.17, 15) is 20.0 Å². The number of aryl methyl sites for hydroxylation is 1. The molecule has 1 heterocycles. The number of hydrogen-bond acceptors (Lipinski definition) is 6. The van der Waals surface area contributed by atoms with Crippen molar-refractivity contribution in [1.29, 1.82) is 0 Å². The van der Waals surface area contributed by atoms with Gasteiger partial charge in [0.2, 0.25) is 0 Å². The van der Waals surface area contributed by atoms with E-state index in [1.54, 1.807) is 11.8 Å². The van der Waals surface area contributed by atoms with E-state index >= 15 is 0 Å². The zero-order valence-electron chi connectivity index (χ0n) is 16.0. The van der Waals surface area contributed by atoms with Gasteiger partial charge in [-0.25, -0.2) is 4.79 Å². The molecule has 0 aromatic heterocycles. The topological polar surface area (TPSA) is 108 Å². The maximum Gasteiger partial charge on any atom is 0.337 e. The molecular formula is C20H18N3O5S-. The van der Waals surface area contributed by atoms with Crippen LogP contribution in [-0.4, -0.2) is 23.1 Å². The lowest BCUT2D eigenvalue weighted by Gasteiger charge is -2.37. The molecule has 1 atom stereocenters. The molecule has 29 heavy (non-hydrogen) atoms. The molecule has 1 aliphatic heterocycles. The molecule has 0 amide bonds. The quantitative estimate of drug-likeness (QED) is 0.353. The third-order valence-electron chi connectivity index (χ3n) is 4.70. The monoisotopic (exact) mass is 412 g/mol. The number of nitrogens with zero attached hydrogens (tertiary/aromatic N) is 2. The van der Waals surface area contributed by atoms with Gasteiger partial charge in [-0.15, -0.1) is 0 Å². The fraction of sp³-hybridized carbons (Fsp3) is 0.200. The first-order valence-corrected chi connectivity index (χ1v) is 9.07. The predicted octanol–water partition coefficient (Wildman–Crippen LogP) is 2.86. The normalized spacial score (nSPS) is 16.4. The summed E-state index contributed by atoms with van der Waals surface area (Å²) in [5.74, 6) is -1.31. The second-order valence-corrected chi connectivity index (χ2v) is 6.92. The molecule has 0 saturated heterocycles. The highest BCUT2D eigenvalue weighted by atomic mass is 32.1. The smallest absolute Gasteiger partial charge is 0.337 e. The molecule has 1 aliphatic rings. The average Bonchev–Trinajstić information content (AvgIpc) is 2.68. The Kier molecular flexibility index (Phi) is 5.51. The fourth-order valence-electron chi connectivity index (χ4n) is 3.23. The SMILES string of the molecule is COC(=O)C1=C(C)N(c2ccc(C)cc2)C(=S)N[C@H]1c1ccc([O-])c([N+](=O)[O-])c1. The Morgan fingerprint density at radius 3 is 2.45 bits per heavy atom. The Morgan fingerprint density at radius 2 is 1.86 bits per heavy atom. The number of anilines is 1. The standard InChI is InChI=1S/C20H19N3O5S/c1-11-4-7-14(8-5-11)22-12(2)17(19(25)28-3)18(21-20(22)29)13-6-9-16(24)15(10-13)23(26)27/h4-10,18,24H,1-3H3,(H,21,29)/p-1/t18-/m0/s1. The highest BCUT2D eigenvalue weighted by Crippen LogP contribution is 2.36. The summed E-state index contributed by atoms with van der Waals surface area (Å²) in [6.07, 6.45) is 0. The first-order valence-electron chi connectivity index (χ1n) is 8.66. The van der Waals surface area contributed by atoms with Crippen molar-refractivity contribution in [3.8, 4) is 5.75 Å². The zero-order valence-corrected chi connectivity index (χ0v) is 16.8. The number of rotatable bonds is 4. The van der Waals surface area contributed by atoms with Gasteiger partial charge in [0.1, 0.15) is 0 Å². The van der Waals surface area contributed by atoms with E-state index in [-0.39, 0.29) is 5.57 Å². The lowest BCUT2D eigenvalue weighted by Crippen LogP contribution is -2.48. The van der Waals surface area contributed by atoms with E-state index in [2.05, 4.69) is 5.32 Å². The number of thiocarbonyl (C=S) groups is 1. The molecule has 3 rings (SSSR count). The van der Waals surface area contributed by atoms with Crippen molar-refractivity contribution in [1.82, 2.24) is 5.32 Å². The molecule has 2 aromatic rings. The molecule has 0 bridgehead atoms. The van der Waals surface area contributed by atoms with Gasteiger partial charge >= 0.3 is 5.97 Å². The summed E-state index contributed by atoms with van der Waals surface area (Å²) in [5.41, 5.74) is 2.40. The van der Waals surface area contributed by atoms with Crippen LogP contribution in [0.25, 0.3) is 0 Å². The molecule has 2 aromatic carbocycles. The zero-order chi connectivity index (χ0) is 21.3. The molecule has 0 radical (unpaired) electrons. The molecule has 1 N–H and O–H groups in total. The van der Waals surface area contributed by atoms with Gasteiger partial charge in [-0.3, -0.25) is 15.0 Å². The van der Waals surface area contributed by atoms with Crippen LogP contribution in [0.15, 0.2) is 53.7 Å². The number of esters is 1. The Bertz CT molecular complexity index is 1030. The van der Waals surface area contributed by atoms with Crippen LogP contribution in [0.2, 0.25) is 0 Å². The molecular weight excluding hydrogens is 394 g/mol. The third kappa shape index (κ3) is 3.77. The number of carbonyl (C=O) groups excluding carboxylic acids is 1. The van der Waals surface area contributed by atoms with Crippen molar-refractivity contribution in [2.24, 2.45) is 0 Å². The van der Waals surface area contributed by atoms with Gasteiger partial charge in [0.15, 0.2) is 5.11 Å². The minimum Gasteiger partial charge on any atom is -0.868 e. The van der Waals surface area contributed by atoms with Crippen LogP contribution >= 0.6 is 12.2 Å². The number of nitrogens with one attached hydrogen (secondary N) is 1. The first-order chi connectivity index (χ1) is 13.7. The Balaban J connectivity index is 2.15. The average molecular weight is 412 g/mol. The predicted molar refractivity (Wildman–Crippen MR) is 109 cm³/mol. The number of methoxy groups -OCH3 is 1. The van der Waals surface area contributed by atoms with Crippen molar-refractivity contribution in [3.05, 3.63) is 75.0 Å². The van der Waals surface area contributed by atoms with E-state index in [0.717, 1.165) is 23.4 Å². The van der Waals surface area contributed by atoms with Crippen molar-refractivity contribution >= 4 is 34.7 Å². The van der Waals surface area contributed by atoms with E-state index in [0.29, 0.717) is 16.4 Å². The van der Waals surface area contributed by atoms with Crippen molar-refractivity contribution < 1.29 is 19.6 Å². The van der Waals surface area contributed by atoms with Crippen LogP contribution in [0.3, 0.4) is 0 Å². The number of ether oxygens (including phenoxy) is 1.